The molecule has 1 atom stereocenters. The number of amides is 1. The van der Waals surface area contributed by atoms with Crippen LogP contribution in [0.15, 0.2) is 30.3 Å². The van der Waals surface area contributed by atoms with Crippen LogP contribution in [-0.4, -0.2) is 60.7 Å². The molecule has 0 radical (unpaired) electrons. The first kappa shape index (κ1) is 21.8. The Morgan fingerprint density at radius 2 is 2.00 bits per heavy atom. The van der Waals surface area contributed by atoms with Gasteiger partial charge in [-0.05, 0) is 44.6 Å². The van der Waals surface area contributed by atoms with Crippen LogP contribution in [0.2, 0.25) is 0 Å². The van der Waals surface area contributed by atoms with E-state index >= 15 is 0 Å². The second-order valence-corrected chi connectivity index (χ2v) is 8.72. The van der Waals surface area contributed by atoms with Crippen LogP contribution in [0.1, 0.15) is 54.2 Å². The number of aryl methyl sites for hydroxylation is 1. The largest absolute Gasteiger partial charge is 0.384 e. The fourth-order valence-corrected chi connectivity index (χ4v) is 4.78. The number of benzene rings is 1. The minimum Gasteiger partial charge on any atom is -0.384 e. The van der Waals surface area contributed by atoms with Crippen molar-refractivity contribution in [2.24, 2.45) is 0 Å². The Balaban J connectivity index is 1.51. The summed E-state index contributed by atoms with van der Waals surface area (Å²) in [5, 5.41) is 0. The topological polar surface area (TPSA) is 58.6 Å². The van der Waals surface area contributed by atoms with Crippen molar-refractivity contribution in [2.75, 3.05) is 44.8 Å². The molecule has 4 rings (SSSR count). The number of aromatic nitrogens is 2. The third-order valence-electron chi connectivity index (χ3n) is 6.54. The molecule has 2 aromatic rings. The highest BCUT2D eigenvalue weighted by molar-refractivity contribution is 5.76. The van der Waals surface area contributed by atoms with E-state index in [-0.39, 0.29) is 11.8 Å². The predicted octanol–water partition coefficient (Wildman–Crippen LogP) is 3.52. The summed E-state index contributed by atoms with van der Waals surface area (Å²) in [6, 6.07) is 10.7. The number of rotatable bonds is 7. The van der Waals surface area contributed by atoms with Gasteiger partial charge in [0.2, 0.25) is 5.91 Å². The number of anilines is 1. The Kier molecular flexibility index (Phi) is 7.17. The van der Waals surface area contributed by atoms with Gasteiger partial charge in [-0.1, -0.05) is 30.3 Å². The standard InChI is InChI=1S/C25H34N4O2/c1-19-22-11-7-14-28(16-12-20-8-4-3-5-9-20)25(22)27-24(26-19)21-10-6-15-29(18-21)23(30)13-17-31-2/h3-5,8-9,21H,6-7,10-18H2,1-2H3/t21-/m1/s1. The maximum Gasteiger partial charge on any atom is 0.224 e. The van der Waals surface area contributed by atoms with E-state index in [0.29, 0.717) is 19.6 Å². The van der Waals surface area contributed by atoms with E-state index in [9.17, 15) is 4.79 Å². The van der Waals surface area contributed by atoms with Crippen LogP contribution in [-0.2, 0) is 22.4 Å². The van der Waals surface area contributed by atoms with Gasteiger partial charge >= 0.3 is 0 Å². The van der Waals surface area contributed by atoms with Crippen LogP contribution in [0.5, 0.6) is 0 Å². The van der Waals surface area contributed by atoms with E-state index < -0.39 is 0 Å². The van der Waals surface area contributed by atoms with Crippen LogP contribution in [0.25, 0.3) is 0 Å². The van der Waals surface area contributed by atoms with Gasteiger partial charge in [0, 0.05) is 50.5 Å². The molecule has 1 amide bonds. The molecular formula is C25H34N4O2. The van der Waals surface area contributed by atoms with Gasteiger partial charge in [-0.3, -0.25) is 4.79 Å². The molecule has 0 aliphatic carbocycles. The highest BCUT2D eigenvalue weighted by atomic mass is 16.5. The zero-order valence-electron chi connectivity index (χ0n) is 18.8. The van der Waals surface area contributed by atoms with Crippen molar-refractivity contribution >= 4 is 11.7 Å². The lowest BCUT2D eigenvalue weighted by atomic mass is 9.95. The van der Waals surface area contributed by atoms with Crippen molar-refractivity contribution in [1.82, 2.24) is 14.9 Å². The molecule has 0 bridgehead atoms. The molecule has 31 heavy (non-hydrogen) atoms. The second kappa shape index (κ2) is 10.2. The smallest absolute Gasteiger partial charge is 0.224 e. The Morgan fingerprint density at radius 1 is 1.16 bits per heavy atom. The fourth-order valence-electron chi connectivity index (χ4n) is 4.78. The number of methoxy groups -OCH3 is 1. The van der Waals surface area contributed by atoms with Gasteiger partial charge in [-0.2, -0.15) is 0 Å². The zero-order chi connectivity index (χ0) is 21.6. The molecule has 2 aliphatic rings. The summed E-state index contributed by atoms with van der Waals surface area (Å²) in [5.74, 6) is 2.41. The van der Waals surface area contributed by atoms with E-state index in [1.165, 1.54) is 11.1 Å². The third-order valence-corrected chi connectivity index (χ3v) is 6.54. The molecule has 1 fully saturated rings. The Morgan fingerprint density at radius 3 is 2.81 bits per heavy atom. The minimum atomic E-state index is 0.172. The highest BCUT2D eigenvalue weighted by Crippen LogP contribution is 2.32. The first-order valence-electron chi connectivity index (χ1n) is 11.6. The van der Waals surface area contributed by atoms with Gasteiger partial charge in [-0.15, -0.1) is 0 Å². The predicted molar refractivity (Wildman–Crippen MR) is 122 cm³/mol. The summed E-state index contributed by atoms with van der Waals surface area (Å²) in [6.45, 7) is 6.15. The van der Waals surface area contributed by atoms with E-state index in [1.807, 2.05) is 4.90 Å². The maximum absolute atomic E-state index is 12.5. The number of fused-ring (bicyclic) bond motifs is 1. The number of carbonyl (C=O) groups excluding carboxylic acids is 1. The molecule has 6 nitrogen and oxygen atoms in total. The average Bonchev–Trinajstić information content (AvgIpc) is 2.82. The van der Waals surface area contributed by atoms with Crippen molar-refractivity contribution in [2.45, 2.75) is 51.4 Å². The molecule has 1 saturated heterocycles. The monoisotopic (exact) mass is 422 g/mol. The zero-order valence-corrected chi connectivity index (χ0v) is 18.8. The molecule has 1 aromatic carbocycles. The summed E-state index contributed by atoms with van der Waals surface area (Å²) in [6.07, 6.45) is 5.70. The fraction of sp³-hybridized carbons (Fsp3) is 0.560. The first-order valence-corrected chi connectivity index (χ1v) is 11.6. The molecule has 0 saturated carbocycles. The summed E-state index contributed by atoms with van der Waals surface area (Å²) in [5.41, 5.74) is 3.76. The Labute approximate surface area is 185 Å². The van der Waals surface area contributed by atoms with Gasteiger partial charge in [-0.25, -0.2) is 9.97 Å². The number of carbonyl (C=O) groups is 1. The molecule has 0 spiro atoms. The molecule has 6 heteroatoms. The van der Waals surface area contributed by atoms with Gasteiger partial charge in [0.1, 0.15) is 11.6 Å². The molecule has 1 aromatic heterocycles. The average molecular weight is 423 g/mol. The molecule has 0 N–H and O–H groups in total. The van der Waals surface area contributed by atoms with Gasteiger partial charge in [0.05, 0.1) is 13.0 Å². The molecule has 3 heterocycles. The number of hydrogen-bond donors (Lipinski definition) is 0. The van der Waals surface area contributed by atoms with Crippen molar-refractivity contribution in [3.05, 3.63) is 53.0 Å². The van der Waals surface area contributed by atoms with Crippen LogP contribution >= 0.6 is 0 Å². The maximum atomic E-state index is 12.5. The van der Waals surface area contributed by atoms with Crippen molar-refractivity contribution in [3.63, 3.8) is 0 Å². The van der Waals surface area contributed by atoms with Gasteiger partial charge in [0.15, 0.2) is 0 Å². The normalized spacial score (nSPS) is 18.7. The van der Waals surface area contributed by atoms with Gasteiger partial charge in [0.25, 0.3) is 0 Å². The highest BCUT2D eigenvalue weighted by Gasteiger charge is 2.29. The van der Waals surface area contributed by atoms with E-state index in [1.54, 1.807) is 7.11 Å². The number of piperidine rings is 1. The van der Waals surface area contributed by atoms with Crippen LogP contribution in [0, 0.1) is 6.92 Å². The summed E-state index contributed by atoms with van der Waals surface area (Å²) in [4.78, 5) is 26.9. The number of hydrogen-bond acceptors (Lipinski definition) is 5. The lowest BCUT2D eigenvalue weighted by molar-refractivity contribution is -0.133. The minimum absolute atomic E-state index is 0.172. The lowest BCUT2D eigenvalue weighted by Gasteiger charge is -2.34. The Hall–Kier alpha value is -2.47. The molecule has 2 aliphatic heterocycles. The SMILES string of the molecule is COCCC(=O)N1CCC[C@@H](c2nc(C)c3c(n2)N(CCc2ccccc2)CCC3)C1. The van der Waals surface area contributed by atoms with Crippen LogP contribution < -0.4 is 4.90 Å². The summed E-state index contributed by atoms with van der Waals surface area (Å²) < 4.78 is 5.08. The first-order chi connectivity index (χ1) is 15.2. The Bertz CT molecular complexity index is 887. The van der Waals surface area contributed by atoms with Crippen LogP contribution in [0.4, 0.5) is 5.82 Å². The van der Waals surface area contributed by atoms with Crippen LogP contribution in [0.3, 0.4) is 0 Å². The number of nitrogens with zero attached hydrogens (tertiary/aromatic N) is 4. The van der Waals surface area contributed by atoms with Crippen molar-refractivity contribution < 1.29 is 9.53 Å². The molecule has 166 valence electrons. The summed E-state index contributed by atoms with van der Waals surface area (Å²) in [7, 11) is 1.64. The quantitative estimate of drug-likeness (QED) is 0.683. The molecule has 0 unspecified atom stereocenters. The number of ether oxygens (including phenoxy) is 1. The van der Waals surface area contributed by atoms with Crippen molar-refractivity contribution in [1.29, 1.82) is 0 Å². The second-order valence-electron chi connectivity index (χ2n) is 8.72. The molecular weight excluding hydrogens is 388 g/mol. The van der Waals surface area contributed by atoms with Gasteiger partial charge < -0.3 is 14.5 Å². The lowest BCUT2D eigenvalue weighted by Crippen LogP contribution is -2.40. The van der Waals surface area contributed by atoms with E-state index in [0.717, 1.165) is 69.1 Å². The van der Waals surface area contributed by atoms with E-state index in [2.05, 4.69) is 42.2 Å². The third kappa shape index (κ3) is 5.24. The number of likely N-dealkylation sites (tertiary alicyclic amines) is 1. The van der Waals surface area contributed by atoms with Crippen molar-refractivity contribution in [3.8, 4) is 0 Å². The summed E-state index contributed by atoms with van der Waals surface area (Å²) >= 11 is 0. The van der Waals surface area contributed by atoms with E-state index in [4.69, 9.17) is 14.7 Å².